The first kappa shape index (κ1) is 71.4. The summed E-state index contributed by atoms with van der Waals surface area (Å²) in [7, 11) is 0. The van der Waals surface area contributed by atoms with Gasteiger partial charge in [-0.2, -0.15) is 0 Å². The first-order chi connectivity index (χ1) is 26.5. The molecule has 15 N–H and O–H groups in total. The number of rotatable bonds is 29. The monoisotopic (exact) mass is 815 g/mol. The van der Waals surface area contributed by atoms with Crippen molar-refractivity contribution in [3.63, 3.8) is 0 Å². The predicted octanol–water partition coefficient (Wildman–Crippen LogP) is 1.64. The number of hydrogen-bond donors (Lipinski definition) is 15. The maximum absolute atomic E-state index is 9.60. The van der Waals surface area contributed by atoms with Gasteiger partial charge in [-0.15, -0.1) is 0 Å². The number of aliphatic hydroxyl groups is 14. The Kier molecular flexibility index (Phi) is 116. The van der Waals surface area contributed by atoms with Gasteiger partial charge in [0.1, 0.15) is 0 Å². The lowest BCUT2D eigenvalue weighted by molar-refractivity contribution is -0.132. The number of unbranched alkanes of at least 4 members (excludes halogenated alkanes) is 14. The largest absolute Gasteiger partial charge is 0.478 e. The normalized spacial score (nSPS) is 9.22. The fourth-order valence-corrected chi connectivity index (χ4v) is 2.80. The van der Waals surface area contributed by atoms with E-state index in [9.17, 15) is 4.79 Å². The fraction of sp³-hybridized carbons (Fsp3) is 0.923. The van der Waals surface area contributed by atoms with Crippen LogP contribution in [0.25, 0.3) is 0 Å². The Morgan fingerprint density at radius 2 is 0.345 bits per heavy atom. The molecule has 55 heavy (non-hydrogen) atoms. The molecule has 0 rings (SSSR count). The summed E-state index contributed by atoms with van der Waals surface area (Å²) in [5, 5.41) is 123. The average molecular weight is 815 g/mol. The van der Waals surface area contributed by atoms with E-state index in [1.54, 1.807) is 0 Å². The molecular weight excluding hydrogens is 724 g/mol. The van der Waals surface area contributed by atoms with Crippen molar-refractivity contribution < 1.29 is 81.4 Å². The molecule has 0 aromatic carbocycles. The van der Waals surface area contributed by atoms with E-state index in [-0.39, 0.29) is 98.1 Å². The van der Waals surface area contributed by atoms with Gasteiger partial charge in [0.2, 0.25) is 0 Å². The highest BCUT2D eigenvalue weighted by molar-refractivity contribution is 5.84. The number of aliphatic carboxylic acids is 1. The Morgan fingerprint density at radius 1 is 0.273 bits per heavy atom. The van der Waals surface area contributed by atoms with Gasteiger partial charge in [0.15, 0.2) is 0 Å². The van der Waals surface area contributed by atoms with Crippen molar-refractivity contribution in [2.24, 2.45) is 0 Å². The molecular formula is C39H90O16. The summed E-state index contributed by atoms with van der Waals surface area (Å²) in [6.45, 7) is 8.10. The number of hydrogen-bond acceptors (Lipinski definition) is 15. The molecule has 16 heteroatoms. The molecule has 0 unspecified atom stereocenters. The lowest BCUT2D eigenvalue weighted by Gasteiger charge is -1.90. The van der Waals surface area contributed by atoms with Gasteiger partial charge in [0.25, 0.3) is 0 Å². The Balaban J connectivity index is -0.0000000765. The zero-order chi connectivity index (χ0) is 43.9. The van der Waals surface area contributed by atoms with Crippen LogP contribution in [0.15, 0.2) is 12.2 Å². The summed E-state index contributed by atoms with van der Waals surface area (Å²) in [4.78, 5) is 9.60. The first-order valence-electron chi connectivity index (χ1n) is 20.0. The quantitative estimate of drug-likeness (QED) is 0.0377. The first-order valence-corrected chi connectivity index (χ1v) is 20.0. The van der Waals surface area contributed by atoms with Gasteiger partial charge in [-0.1, -0.05) is 6.58 Å². The van der Waals surface area contributed by atoms with E-state index in [1.165, 1.54) is 6.92 Å². The van der Waals surface area contributed by atoms with E-state index in [2.05, 4.69) is 6.58 Å². The topological polar surface area (TPSA) is 321 Å². The molecule has 0 aromatic heterocycles. The van der Waals surface area contributed by atoms with Crippen LogP contribution < -0.4 is 0 Å². The Bertz CT molecular complexity index is 424. The van der Waals surface area contributed by atoms with Crippen LogP contribution in [0.5, 0.6) is 0 Å². The van der Waals surface area contributed by atoms with Crippen molar-refractivity contribution >= 4 is 5.97 Å². The summed E-state index contributed by atoms with van der Waals surface area (Å²) >= 11 is 0. The molecule has 0 aliphatic rings. The van der Waals surface area contributed by atoms with Gasteiger partial charge in [-0.05, 0) is 142 Å². The number of carbonyl (C=O) groups is 1. The zero-order valence-corrected chi connectivity index (χ0v) is 34.6. The van der Waals surface area contributed by atoms with Crippen LogP contribution in [0.2, 0.25) is 0 Å². The van der Waals surface area contributed by atoms with Gasteiger partial charge >= 0.3 is 5.97 Å². The van der Waals surface area contributed by atoms with Crippen LogP contribution >= 0.6 is 0 Å². The molecule has 0 saturated carbocycles. The highest BCUT2D eigenvalue weighted by Gasteiger charge is 1.90. The molecule has 0 spiro atoms. The Hall–Kier alpha value is -1.35. The highest BCUT2D eigenvalue weighted by atomic mass is 16.4. The van der Waals surface area contributed by atoms with E-state index < -0.39 is 5.97 Å². The number of aliphatic hydroxyl groups excluding tert-OH is 14. The molecule has 0 aliphatic heterocycles. The van der Waals surface area contributed by atoms with E-state index in [1.807, 2.05) is 0 Å². The Labute approximate surface area is 333 Å². The predicted molar refractivity (Wildman–Crippen MR) is 219 cm³/mol. The fourth-order valence-electron chi connectivity index (χ4n) is 2.80. The smallest absolute Gasteiger partial charge is 0.330 e. The highest BCUT2D eigenvalue weighted by Crippen LogP contribution is 1.93. The van der Waals surface area contributed by atoms with E-state index >= 15 is 0 Å². The third-order valence-electron chi connectivity index (χ3n) is 6.08. The van der Waals surface area contributed by atoms with Gasteiger partial charge < -0.3 is 76.6 Å². The second kappa shape index (κ2) is 89.3. The lowest BCUT2D eigenvalue weighted by atomic mass is 10.2. The molecule has 0 atom stereocenters. The molecule has 0 saturated heterocycles. The molecule has 0 fully saturated rings. The van der Waals surface area contributed by atoms with E-state index in [4.69, 9.17) is 76.6 Å². The third kappa shape index (κ3) is 144. The van der Waals surface area contributed by atoms with E-state index in [0.717, 1.165) is 135 Å². The van der Waals surface area contributed by atoms with Gasteiger partial charge in [0.05, 0.1) is 0 Å². The minimum Gasteiger partial charge on any atom is -0.478 e. The van der Waals surface area contributed by atoms with Gasteiger partial charge in [-0.3, -0.25) is 0 Å². The van der Waals surface area contributed by atoms with E-state index in [0.29, 0.717) is 0 Å². The summed E-state index contributed by atoms with van der Waals surface area (Å²) in [5.74, 6) is -0.935. The van der Waals surface area contributed by atoms with Gasteiger partial charge in [-0.25, -0.2) is 4.79 Å². The minimum absolute atomic E-state index is 0.176. The maximum atomic E-state index is 9.60. The van der Waals surface area contributed by atoms with Crippen LogP contribution in [0, 0.1) is 0 Å². The summed E-state index contributed by atoms with van der Waals surface area (Å²) < 4.78 is 0. The summed E-state index contributed by atoms with van der Waals surface area (Å²) in [6.07, 6.45) is 18.0. The van der Waals surface area contributed by atoms with Crippen LogP contribution in [0.4, 0.5) is 0 Å². The molecule has 0 aliphatic carbocycles. The summed E-state index contributed by atoms with van der Waals surface area (Å²) in [6, 6.07) is 0. The van der Waals surface area contributed by atoms with Gasteiger partial charge in [0, 0.05) is 98.1 Å². The standard InChI is InChI=1S/7C5H12O2.C4H6O2/c7*6-4-2-1-3-5-7;1-3(2)4(5)6/h7*6-7H,1-5H2;1H2,2H3,(H,5,6). The molecule has 0 bridgehead atoms. The second-order valence-corrected chi connectivity index (χ2v) is 11.6. The lowest BCUT2D eigenvalue weighted by Crippen LogP contribution is -1.92. The van der Waals surface area contributed by atoms with Crippen molar-refractivity contribution in [3.8, 4) is 0 Å². The van der Waals surface area contributed by atoms with Crippen LogP contribution in [0.3, 0.4) is 0 Å². The van der Waals surface area contributed by atoms with Crippen LogP contribution in [-0.2, 0) is 4.79 Å². The number of carboxylic acids is 1. The minimum atomic E-state index is -0.935. The van der Waals surface area contributed by atoms with Crippen molar-refractivity contribution in [1.82, 2.24) is 0 Å². The van der Waals surface area contributed by atoms with Crippen molar-refractivity contribution in [3.05, 3.63) is 12.2 Å². The third-order valence-corrected chi connectivity index (χ3v) is 6.08. The molecule has 0 heterocycles. The molecule has 0 aromatic rings. The number of carboxylic acid groups (broad SMARTS) is 1. The molecule has 16 nitrogen and oxygen atoms in total. The van der Waals surface area contributed by atoms with Crippen LogP contribution in [0.1, 0.15) is 142 Å². The summed E-state index contributed by atoms with van der Waals surface area (Å²) in [5.41, 5.74) is 0.176. The average Bonchev–Trinajstić information content (AvgIpc) is 3.18. The van der Waals surface area contributed by atoms with Crippen LogP contribution in [-0.4, -0.2) is 175 Å². The maximum Gasteiger partial charge on any atom is 0.330 e. The molecule has 0 radical (unpaired) electrons. The molecule has 342 valence electrons. The second-order valence-electron chi connectivity index (χ2n) is 11.6. The van der Waals surface area contributed by atoms with Crippen molar-refractivity contribution in [1.29, 1.82) is 0 Å². The Morgan fingerprint density at radius 3 is 0.382 bits per heavy atom. The van der Waals surface area contributed by atoms with Crippen molar-refractivity contribution in [2.45, 2.75) is 142 Å². The SMILES string of the molecule is C=C(C)C(=O)O.OCCCCCO.OCCCCCO.OCCCCCO.OCCCCCO.OCCCCCO.OCCCCCO.OCCCCCO. The molecule has 0 amide bonds. The van der Waals surface area contributed by atoms with Crippen molar-refractivity contribution in [2.75, 3.05) is 92.5 Å². The zero-order valence-electron chi connectivity index (χ0n) is 34.6.